The Morgan fingerprint density at radius 1 is 1.39 bits per heavy atom. The molecule has 0 aromatic carbocycles. The van der Waals surface area contributed by atoms with E-state index in [1.165, 1.54) is 15.4 Å². The van der Waals surface area contributed by atoms with Crippen LogP contribution in [-0.4, -0.2) is 41.8 Å². The van der Waals surface area contributed by atoms with E-state index in [1.54, 1.807) is 7.05 Å². The van der Waals surface area contributed by atoms with Gasteiger partial charge in [-0.3, -0.25) is 9.48 Å². The van der Waals surface area contributed by atoms with Crippen molar-refractivity contribution in [3.8, 4) is 0 Å². The van der Waals surface area contributed by atoms with Crippen LogP contribution in [0.5, 0.6) is 0 Å². The summed E-state index contributed by atoms with van der Waals surface area (Å²) in [5.41, 5.74) is 0.124. The second-order valence-corrected chi connectivity index (χ2v) is 5.38. The summed E-state index contributed by atoms with van der Waals surface area (Å²) < 4.78 is 41.4. The summed E-state index contributed by atoms with van der Waals surface area (Å²) in [6.45, 7) is -0.241. The monoisotopic (exact) mass is 329 g/mol. The van der Waals surface area contributed by atoms with Gasteiger partial charge in [-0.25, -0.2) is 0 Å². The van der Waals surface area contributed by atoms with Crippen molar-refractivity contribution in [1.82, 2.24) is 35.1 Å². The Labute approximate surface area is 128 Å². The van der Waals surface area contributed by atoms with Crippen LogP contribution >= 0.6 is 0 Å². The summed E-state index contributed by atoms with van der Waals surface area (Å²) in [6, 6.07) is 0. The second-order valence-electron chi connectivity index (χ2n) is 5.38. The molecular weight excluding hydrogens is 315 g/mol. The summed E-state index contributed by atoms with van der Waals surface area (Å²) in [5.74, 6) is -1.08. The SMILES string of the molecule is Cn1cc(C(=O)NCc2nnc3n2CC(C(F)(F)F)CC3)nn1. The number of halogens is 3. The number of nitrogens with zero attached hydrogens (tertiary/aromatic N) is 6. The van der Waals surface area contributed by atoms with E-state index < -0.39 is 18.0 Å². The van der Waals surface area contributed by atoms with Crippen LogP contribution < -0.4 is 5.32 Å². The van der Waals surface area contributed by atoms with Gasteiger partial charge in [0.15, 0.2) is 11.5 Å². The fourth-order valence-corrected chi connectivity index (χ4v) is 2.48. The third-order valence-electron chi connectivity index (χ3n) is 3.73. The maximum absolute atomic E-state index is 12.9. The number of carbonyl (C=O) groups is 1. The molecule has 1 amide bonds. The van der Waals surface area contributed by atoms with Gasteiger partial charge in [0.25, 0.3) is 5.91 Å². The quantitative estimate of drug-likeness (QED) is 0.883. The molecule has 8 nitrogen and oxygen atoms in total. The fourth-order valence-electron chi connectivity index (χ4n) is 2.48. The number of fused-ring (bicyclic) bond motifs is 1. The lowest BCUT2D eigenvalue weighted by atomic mass is 9.99. The summed E-state index contributed by atoms with van der Waals surface area (Å²) in [6.07, 6.45) is -2.58. The minimum Gasteiger partial charge on any atom is -0.343 e. The number of rotatable bonds is 3. The molecule has 0 bridgehead atoms. The molecule has 1 unspecified atom stereocenters. The number of aryl methyl sites for hydroxylation is 2. The predicted octanol–water partition coefficient (Wildman–Crippen LogP) is 0.461. The first-order valence-electron chi connectivity index (χ1n) is 6.97. The first-order valence-corrected chi connectivity index (χ1v) is 6.97. The average Bonchev–Trinajstić information content (AvgIpc) is 3.09. The van der Waals surface area contributed by atoms with Gasteiger partial charge in [-0.2, -0.15) is 13.2 Å². The van der Waals surface area contributed by atoms with Gasteiger partial charge in [-0.1, -0.05) is 5.21 Å². The minimum absolute atomic E-state index is 0.00754. The molecule has 0 spiro atoms. The Hall–Kier alpha value is -2.46. The van der Waals surface area contributed by atoms with Gasteiger partial charge in [-0.05, 0) is 6.42 Å². The van der Waals surface area contributed by atoms with Gasteiger partial charge < -0.3 is 9.88 Å². The van der Waals surface area contributed by atoms with E-state index in [0.717, 1.165) is 0 Å². The number of amides is 1. The van der Waals surface area contributed by atoms with Gasteiger partial charge in [0.2, 0.25) is 0 Å². The third kappa shape index (κ3) is 3.17. The van der Waals surface area contributed by atoms with Gasteiger partial charge >= 0.3 is 6.18 Å². The molecule has 2 aromatic rings. The first-order chi connectivity index (χ1) is 10.8. The van der Waals surface area contributed by atoms with E-state index in [0.29, 0.717) is 11.6 Å². The lowest BCUT2D eigenvalue weighted by molar-refractivity contribution is -0.182. The van der Waals surface area contributed by atoms with Crippen LogP contribution in [0, 0.1) is 5.92 Å². The standard InChI is InChI=1S/C12H14F3N7O/c1-21-6-8(17-20-21)11(23)16-4-10-19-18-9-3-2-7(5-22(9)10)12(13,14)15/h6-7H,2-5H2,1H3,(H,16,23). The maximum atomic E-state index is 12.9. The molecule has 0 aliphatic carbocycles. The Morgan fingerprint density at radius 3 is 2.83 bits per heavy atom. The molecule has 124 valence electrons. The van der Waals surface area contributed by atoms with Crippen LogP contribution in [0.3, 0.4) is 0 Å². The lowest BCUT2D eigenvalue weighted by Gasteiger charge is -2.26. The zero-order valence-electron chi connectivity index (χ0n) is 12.2. The van der Waals surface area contributed by atoms with Gasteiger partial charge in [0.05, 0.1) is 18.7 Å². The summed E-state index contributed by atoms with van der Waals surface area (Å²) in [4.78, 5) is 11.9. The highest BCUT2D eigenvalue weighted by atomic mass is 19.4. The van der Waals surface area contributed by atoms with Crippen molar-refractivity contribution in [1.29, 1.82) is 0 Å². The smallest absolute Gasteiger partial charge is 0.343 e. The molecule has 1 aliphatic heterocycles. The van der Waals surface area contributed by atoms with Crippen LogP contribution in [-0.2, 0) is 26.6 Å². The number of aromatic nitrogens is 6. The Kier molecular flexibility index (Phi) is 3.78. The Morgan fingerprint density at radius 2 is 2.17 bits per heavy atom. The van der Waals surface area contributed by atoms with Gasteiger partial charge in [0.1, 0.15) is 5.82 Å². The first kappa shape index (κ1) is 15.4. The molecule has 3 heterocycles. The highest BCUT2D eigenvalue weighted by Crippen LogP contribution is 2.34. The lowest BCUT2D eigenvalue weighted by Crippen LogP contribution is -2.34. The number of carbonyl (C=O) groups excluding carboxylic acids is 1. The van der Waals surface area contributed by atoms with E-state index in [9.17, 15) is 18.0 Å². The van der Waals surface area contributed by atoms with E-state index in [-0.39, 0.29) is 31.6 Å². The molecule has 0 fully saturated rings. The molecule has 1 atom stereocenters. The van der Waals surface area contributed by atoms with Crippen molar-refractivity contribution in [2.45, 2.75) is 32.1 Å². The van der Waals surface area contributed by atoms with Crippen molar-refractivity contribution in [3.63, 3.8) is 0 Å². The van der Waals surface area contributed by atoms with Crippen LogP contribution in [0.1, 0.15) is 28.6 Å². The Balaban J connectivity index is 1.68. The number of alkyl halides is 3. The summed E-state index contributed by atoms with van der Waals surface area (Å²) in [7, 11) is 1.62. The number of hydrogen-bond donors (Lipinski definition) is 1. The molecule has 11 heteroatoms. The number of hydrogen-bond acceptors (Lipinski definition) is 5. The fraction of sp³-hybridized carbons (Fsp3) is 0.583. The molecule has 1 N–H and O–H groups in total. The largest absolute Gasteiger partial charge is 0.393 e. The zero-order chi connectivity index (χ0) is 16.6. The van der Waals surface area contributed by atoms with Gasteiger partial charge in [0, 0.05) is 20.0 Å². The van der Waals surface area contributed by atoms with Crippen molar-refractivity contribution < 1.29 is 18.0 Å². The highest BCUT2D eigenvalue weighted by Gasteiger charge is 2.42. The zero-order valence-corrected chi connectivity index (χ0v) is 12.2. The van der Waals surface area contributed by atoms with Crippen molar-refractivity contribution in [2.75, 3.05) is 0 Å². The van der Waals surface area contributed by atoms with E-state index in [4.69, 9.17) is 0 Å². The maximum Gasteiger partial charge on any atom is 0.393 e. The molecule has 0 saturated carbocycles. The minimum atomic E-state index is -4.25. The highest BCUT2D eigenvalue weighted by molar-refractivity contribution is 5.91. The predicted molar refractivity (Wildman–Crippen MR) is 70.1 cm³/mol. The van der Waals surface area contributed by atoms with E-state index in [2.05, 4.69) is 25.8 Å². The summed E-state index contributed by atoms with van der Waals surface area (Å²) >= 11 is 0. The number of nitrogens with one attached hydrogen (secondary N) is 1. The van der Waals surface area contributed by atoms with Crippen LogP contribution in [0.4, 0.5) is 13.2 Å². The molecule has 0 radical (unpaired) electrons. The van der Waals surface area contributed by atoms with Crippen LogP contribution in [0.15, 0.2) is 6.20 Å². The topological polar surface area (TPSA) is 90.5 Å². The summed E-state index contributed by atoms with van der Waals surface area (Å²) in [5, 5.41) is 17.6. The third-order valence-corrected chi connectivity index (χ3v) is 3.73. The van der Waals surface area contributed by atoms with Gasteiger partial charge in [-0.15, -0.1) is 15.3 Å². The van der Waals surface area contributed by atoms with E-state index >= 15 is 0 Å². The molecule has 3 rings (SSSR count). The van der Waals surface area contributed by atoms with Crippen LogP contribution in [0.25, 0.3) is 0 Å². The molecule has 0 saturated heterocycles. The van der Waals surface area contributed by atoms with Crippen molar-refractivity contribution >= 4 is 5.91 Å². The average molecular weight is 329 g/mol. The molecule has 2 aromatic heterocycles. The molecule has 1 aliphatic rings. The van der Waals surface area contributed by atoms with Crippen molar-refractivity contribution in [3.05, 3.63) is 23.5 Å². The van der Waals surface area contributed by atoms with E-state index in [1.807, 2.05) is 0 Å². The Bertz CT molecular complexity index is 721. The second kappa shape index (κ2) is 5.63. The normalized spacial score (nSPS) is 17.8. The van der Waals surface area contributed by atoms with Crippen molar-refractivity contribution in [2.24, 2.45) is 13.0 Å². The molecular formula is C12H14F3N7O. The molecule has 23 heavy (non-hydrogen) atoms. The van der Waals surface area contributed by atoms with Crippen LogP contribution in [0.2, 0.25) is 0 Å².